The monoisotopic (exact) mass is 415 g/mol. The molecule has 12 heteroatoms. The normalized spacial score (nSPS) is 10.4. The zero-order valence-electron chi connectivity index (χ0n) is 13.8. The van der Waals surface area contributed by atoms with E-state index >= 15 is 0 Å². The minimum atomic E-state index is -1.65. The molecule has 2 aromatic carbocycles. The van der Waals surface area contributed by atoms with Gasteiger partial charge in [-0.05, 0) is 6.07 Å². The molecule has 142 valence electrons. The SMILES string of the molecule is CN(C)c1cc(Cl)c(Cl)c(Oc2cc(C(=O)O)c([N+](=O)[O-])cc2[N+](=O)[O-])c1. The first-order valence-electron chi connectivity index (χ1n) is 7.07. The van der Waals surface area contributed by atoms with E-state index in [4.69, 9.17) is 33.0 Å². The molecular weight excluding hydrogens is 405 g/mol. The van der Waals surface area contributed by atoms with E-state index in [9.17, 15) is 25.0 Å². The van der Waals surface area contributed by atoms with Crippen LogP contribution in [0.3, 0.4) is 0 Å². The number of rotatable bonds is 6. The first-order valence-corrected chi connectivity index (χ1v) is 7.82. The van der Waals surface area contributed by atoms with E-state index in [1.165, 1.54) is 12.1 Å². The van der Waals surface area contributed by atoms with Crippen LogP contribution in [-0.4, -0.2) is 35.0 Å². The number of benzene rings is 2. The number of anilines is 1. The van der Waals surface area contributed by atoms with Gasteiger partial charge in [-0.2, -0.15) is 0 Å². The lowest BCUT2D eigenvalue weighted by molar-refractivity contribution is -0.394. The number of carboxylic acid groups (broad SMARTS) is 1. The maximum atomic E-state index is 11.3. The van der Waals surface area contributed by atoms with Crippen molar-refractivity contribution < 1.29 is 24.5 Å². The molecule has 0 aliphatic heterocycles. The van der Waals surface area contributed by atoms with Gasteiger partial charge in [0.1, 0.15) is 16.3 Å². The molecule has 0 fully saturated rings. The Labute approximate surface area is 161 Å². The maximum absolute atomic E-state index is 11.3. The molecule has 2 aromatic rings. The van der Waals surface area contributed by atoms with Gasteiger partial charge in [0.05, 0.1) is 20.9 Å². The summed E-state index contributed by atoms with van der Waals surface area (Å²) in [6.07, 6.45) is 0. The van der Waals surface area contributed by atoms with Gasteiger partial charge in [0.15, 0.2) is 0 Å². The molecular formula is C15H11Cl2N3O7. The zero-order chi connectivity index (χ0) is 20.5. The molecule has 0 bridgehead atoms. The summed E-state index contributed by atoms with van der Waals surface area (Å²) >= 11 is 12.1. The van der Waals surface area contributed by atoms with Crippen LogP contribution in [0.4, 0.5) is 17.1 Å². The van der Waals surface area contributed by atoms with Gasteiger partial charge >= 0.3 is 11.7 Å². The first-order chi connectivity index (χ1) is 12.5. The summed E-state index contributed by atoms with van der Waals surface area (Å²) in [5.74, 6) is -2.26. The van der Waals surface area contributed by atoms with E-state index in [1.54, 1.807) is 19.0 Å². The summed E-state index contributed by atoms with van der Waals surface area (Å²) in [5, 5.41) is 31.5. The van der Waals surface area contributed by atoms with E-state index in [1.807, 2.05) is 0 Å². The molecule has 1 N–H and O–H groups in total. The van der Waals surface area contributed by atoms with Gasteiger partial charge in [-0.15, -0.1) is 0 Å². The van der Waals surface area contributed by atoms with Gasteiger partial charge in [-0.3, -0.25) is 20.2 Å². The fraction of sp³-hybridized carbons (Fsp3) is 0.133. The number of hydrogen-bond donors (Lipinski definition) is 1. The third-order valence-corrected chi connectivity index (χ3v) is 4.20. The van der Waals surface area contributed by atoms with Gasteiger partial charge in [-0.25, -0.2) is 4.79 Å². The van der Waals surface area contributed by atoms with Crippen molar-refractivity contribution in [3.8, 4) is 11.5 Å². The molecule has 0 heterocycles. The number of carboxylic acids is 1. The molecule has 10 nitrogen and oxygen atoms in total. The van der Waals surface area contributed by atoms with Crippen LogP contribution in [0.25, 0.3) is 0 Å². The molecule has 0 aromatic heterocycles. The lowest BCUT2D eigenvalue weighted by Gasteiger charge is -2.16. The second-order valence-electron chi connectivity index (χ2n) is 5.39. The third kappa shape index (κ3) is 4.18. The minimum Gasteiger partial charge on any atom is -0.477 e. The van der Waals surface area contributed by atoms with E-state index in [0.717, 1.165) is 0 Å². The molecule has 0 aliphatic rings. The number of hydrogen-bond acceptors (Lipinski definition) is 7. The van der Waals surface area contributed by atoms with Crippen molar-refractivity contribution in [3.05, 3.63) is 60.1 Å². The summed E-state index contributed by atoms with van der Waals surface area (Å²) in [7, 11) is 3.42. The quantitative estimate of drug-likeness (QED) is 0.542. The lowest BCUT2D eigenvalue weighted by Crippen LogP contribution is -2.09. The molecule has 0 unspecified atom stereocenters. The van der Waals surface area contributed by atoms with Crippen molar-refractivity contribution in [2.24, 2.45) is 0 Å². The summed E-state index contributed by atoms with van der Waals surface area (Å²) < 4.78 is 5.43. The standard InChI is InChI=1S/C15H11Cl2N3O7/c1-18(2)7-3-9(16)14(17)13(4-7)27-12-5-8(15(21)22)10(19(23)24)6-11(12)20(25)26/h3-6H,1-2H3,(H,21,22). The Morgan fingerprint density at radius 2 is 1.63 bits per heavy atom. The van der Waals surface area contributed by atoms with Gasteiger partial charge < -0.3 is 14.7 Å². The van der Waals surface area contributed by atoms with Crippen LogP contribution in [0.1, 0.15) is 10.4 Å². The van der Waals surface area contributed by atoms with E-state index < -0.39 is 38.5 Å². The van der Waals surface area contributed by atoms with Crippen molar-refractivity contribution in [2.75, 3.05) is 19.0 Å². The Bertz CT molecular complexity index is 963. The first kappa shape index (κ1) is 20.2. The smallest absolute Gasteiger partial charge is 0.342 e. The fourth-order valence-electron chi connectivity index (χ4n) is 2.11. The number of aromatic carboxylic acids is 1. The van der Waals surface area contributed by atoms with Gasteiger partial charge in [0, 0.05) is 31.9 Å². The molecule has 2 rings (SSSR count). The number of nitro benzene ring substituents is 2. The van der Waals surface area contributed by atoms with Gasteiger partial charge in [0.2, 0.25) is 5.75 Å². The summed E-state index contributed by atoms with van der Waals surface area (Å²) in [6.45, 7) is 0. The number of halogens is 2. The maximum Gasteiger partial charge on any atom is 0.342 e. The lowest BCUT2D eigenvalue weighted by atomic mass is 10.1. The summed E-state index contributed by atoms with van der Waals surface area (Å²) in [5.41, 5.74) is -1.95. The highest BCUT2D eigenvalue weighted by Crippen LogP contribution is 2.42. The van der Waals surface area contributed by atoms with Crippen LogP contribution in [0, 0.1) is 20.2 Å². The highest BCUT2D eigenvalue weighted by atomic mass is 35.5. The molecule has 0 aliphatic carbocycles. The molecule has 0 radical (unpaired) electrons. The van der Waals surface area contributed by atoms with Crippen LogP contribution in [0.2, 0.25) is 10.0 Å². The van der Waals surface area contributed by atoms with Crippen molar-refractivity contribution in [1.29, 1.82) is 0 Å². The van der Waals surface area contributed by atoms with Crippen LogP contribution in [-0.2, 0) is 0 Å². The average Bonchev–Trinajstić information content (AvgIpc) is 2.57. The number of nitro groups is 2. The largest absolute Gasteiger partial charge is 0.477 e. The van der Waals surface area contributed by atoms with E-state index in [2.05, 4.69) is 0 Å². The van der Waals surface area contributed by atoms with E-state index in [-0.39, 0.29) is 15.8 Å². The summed E-state index contributed by atoms with van der Waals surface area (Å²) in [4.78, 5) is 33.3. The Morgan fingerprint density at radius 1 is 1.04 bits per heavy atom. The highest BCUT2D eigenvalue weighted by molar-refractivity contribution is 6.43. The Balaban J connectivity index is 2.69. The fourth-order valence-corrected chi connectivity index (χ4v) is 2.46. The second-order valence-corrected chi connectivity index (χ2v) is 6.18. The Morgan fingerprint density at radius 3 is 2.11 bits per heavy atom. The van der Waals surface area contributed by atoms with Crippen LogP contribution < -0.4 is 9.64 Å². The second kappa shape index (κ2) is 7.64. The minimum absolute atomic E-state index is 0.0632. The van der Waals surface area contributed by atoms with Crippen LogP contribution in [0.5, 0.6) is 11.5 Å². The van der Waals surface area contributed by atoms with Crippen molar-refractivity contribution in [1.82, 2.24) is 0 Å². The summed E-state index contributed by atoms with van der Waals surface area (Å²) in [6, 6.07) is 4.18. The average molecular weight is 416 g/mol. The number of ether oxygens (including phenoxy) is 1. The van der Waals surface area contributed by atoms with Crippen LogP contribution >= 0.6 is 23.2 Å². The van der Waals surface area contributed by atoms with Gasteiger partial charge in [0.25, 0.3) is 5.69 Å². The molecule has 0 amide bonds. The highest BCUT2D eigenvalue weighted by Gasteiger charge is 2.29. The third-order valence-electron chi connectivity index (χ3n) is 3.42. The van der Waals surface area contributed by atoms with Crippen molar-refractivity contribution >= 4 is 46.2 Å². The van der Waals surface area contributed by atoms with Crippen molar-refractivity contribution in [3.63, 3.8) is 0 Å². The Hall–Kier alpha value is -3.11. The Kier molecular flexibility index (Phi) is 5.72. The van der Waals surface area contributed by atoms with Gasteiger partial charge in [-0.1, -0.05) is 23.2 Å². The van der Waals surface area contributed by atoms with E-state index in [0.29, 0.717) is 17.8 Å². The molecule has 27 heavy (non-hydrogen) atoms. The van der Waals surface area contributed by atoms with Crippen molar-refractivity contribution in [2.45, 2.75) is 0 Å². The molecule has 0 saturated heterocycles. The number of nitrogens with zero attached hydrogens (tertiary/aromatic N) is 3. The molecule has 0 atom stereocenters. The topological polar surface area (TPSA) is 136 Å². The van der Waals surface area contributed by atoms with Crippen LogP contribution in [0.15, 0.2) is 24.3 Å². The molecule has 0 saturated carbocycles. The molecule has 0 spiro atoms. The predicted molar refractivity (Wildman–Crippen MR) is 97.6 cm³/mol. The number of carbonyl (C=O) groups is 1. The predicted octanol–water partition coefficient (Wildman–Crippen LogP) is 4.37. The zero-order valence-corrected chi connectivity index (χ0v) is 15.3.